The van der Waals surface area contributed by atoms with Gasteiger partial charge in [0.05, 0.1) is 0 Å². The van der Waals surface area contributed by atoms with Gasteiger partial charge in [-0.3, -0.25) is 14.6 Å². The van der Waals surface area contributed by atoms with Crippen molar-refractivity contribution < 1.29 is 4.79 Å². The summed E-state index contributed by atoms with van der Waals surface area (Å²) in [6.07, 6.45) is 5.94. The monoisotopic (exact) mass is 319 g/mol. The van der Waals surface area contributed by atoms with Gasteiger partial charge in [-0.15, -0.1) is 0 Å². The van der Waals surface area contributed by atoms with Gasteiger partial charge in [0.2, 0.25) is 5.91 Å². The van der Waals surface area contributed by atoms with Crippen molar-refractivity contribution in [3.63, 3.8) is 0 Å². The van der Waals surface area contributed by atoms with Crippen molar-refractivity contribution in [2.24, 2.45) is 0 Å². The fourth-order valence-electron chi connectivity index (χ4n) is 2.40. The van der Waals surface area contributed by atoms with Crippen LogP contribution in [-0.2, 0) is 11.2 Å². The number of amides is 1. The largest absolute Gasteiger partial charge is 0.327 e. The van der Waals surface area contributed by atoms with Crippen molar-refractivity contribution in [2.45, 2.75) is 12.8 Å². The Morgan fingerprint density at radius 3 is 2.54 bits per heavy atom. The first kappa shape index (κ1) is 15.7. The van der Waals surface area contributed by atoms with Crippen LogP contribution in [0, 0.1) is 0 Å². The van der Waals surface area contributed by atoms with Crippen molar-refractivity contribution in [3.05, 3.63) is 83.0 Å². The van der Waals surface area contributed by atoms with Crippen LogP contribution in [0.5, 0.6) is 0 Å². The van der Waals surface area contributed by atoms with Gasteiger partial charge in [0, 0.05) is 30.6 Å². The molecule has 120 valence electrons. The third-order valence-electron chi connectivity index (χ3n) is 3.67. The first-order chi connectivity index (χ1) is 11.7. The molecule has 2 aromatic heterocycles. The van der Waals surface area contributed by atoms with Crippen LogP contribution in [0.3, 0.4) is 0 Å². The van der Waals surface area contributed by atoms with Crippen LogP contribution in [0.25, 0.3) is 11.1 Å². The Morgan fingerprint density at radius 1 is 1.04 bits per heavy atom. The van der Waals surface area contributed by atoms with Gasteiger partial charge in [0.1, 0.15) is 5.69 Å². The number of benzene rings is 1. The van der Waals surface area contributed by atoms with E-state index in [0.717, 1.165) is 16.7 Å². The molecule has 0 unspecified atom stereocenters. The summed E-state index contributed by atoms with van der Waals surface area (Å²) in [5, 5.41) is 2.69. The highest BCUT2D eigenvalue weighted by molar-refractivity contribution is 5.91. The number of anilines is 1. The Bertz CT molecular complexity index is 874. The van der Waals surface area contributed by atoms with E-state index in [1.54, 1.807) is 24.7 Å². The molecule has 0 radical (unpaired) electrons. The van der Waals surface area contributed by atoms with Crippen molar-refractivity contribution >= 4 is 11.6 Å². The van der Waals surface area contributed by atoms with E-state index >= 15 is 0 Å². The van der Waals surface area contributed by atoms with E-state index in [4.69, 9.17) is 0 Å². The Balaban J connectivity index is 1.70. The number of hydrogen-bond acceptors (Lipinski definition) is 3. The normalized spacial score (nSPS) is 10.3. The number of hydrogen-bond donors (Lipinski definition) is 2. The van der Waals surface area contributed by atoms with E-state index in [1.807, 2.05) is 42.5 Å². The van der Waals surface area contributed by atoms with Gasteiger partial charge >= 0.3 is 0 Å². The van der Waals surface area contributed by atoms with E-state index in [0.29, 0.717) is 12.8 Å². The van der Waals surface area contributed by atoms with E-state index in [1.165, 1.54) is 0 Å². The molecule has 24 heavy (non-hydrogen) atoms. The third kappa shape index (κ3) is 3.95. The van der Waals surface area contributed by atoms with E-state index < -0.39 is 0 Å². The molecule has 5 heteroatoms. The van der Waals surface area contributed by atoms with Crippen LogP contribution < -0.4 is 10.9 Å². The Hall–Kier alpha value is -3.21. The predicted molar refractivity (Wildman–Crippen MR) is 93.7 cm³/mol. The second kappa shape index (κ2) is 7.37. The molecule has 0 aliphatic rings. The fraction of sp³-hybridized carbons (Fsp3) is 0.105. The van der Waals surface area contributed by atoms with Gasteiger partial charge in [0.15, 0.2) is 0 Å². The molecule has 2 N–H and O–H groups in total. The highest BCUT2D eigenvalue weighted by atomic mass is 16.2. The minimum Gasteiger partial charge on any atom is -0.327 e. The van der Waals surface area contributed by atoms with Crippen molar-refractivity contribution in [1.29, 1.82) is 0 Å². The summed E-state index contributed by atoms with van der Waals surface area (Å²) < 4.78 is 0. The summed E-state index contributed by atoms with van der Waals surface area (Å²) in [6.45, 7) is 0. The zero-order valence-corrected chi connectivity index (χ0v) is 13.0. The van der Waals surface area contributed by atoms with Crippen molar-refractivity contribution in [1.82, 2.24) is 9.97 Å². The van der Waals surface area contributed by atoms with Crippen LogP contribution in [0.2, 0.25) is 0 Å². The lowest BCUT2D eigenvalue weighted by Crippen LogP contribution is -2.19. The topological polar surface area (TPSA) is 74.8 Å². The quantitative estimate of drug-likeness (QED) is 0.759. The summed E-state index contributed by atoms with van der Waals surface area (Å²) in [5.74, 6) is -0.184. The molecular formula is C19H17N3O2. The van der Waals surface area contributed by atoms with Crippen LogP contribution in [0.1, 0.15) is 12.0 Å². The van der Waals surface area contributed by atoms with Gasteiger partial charge in [-0.05, 0) is 35.7 Å². The number of rotatable bonds is 5. The molecule has 0 bridgehead atoms. The number of aryl methyl sites for hydroxylation is 1. The molecule has 0 aliphatic carbocycles. The molecule has 3 aromatic rings. The molecule has 0 spiro atoms. The minimum absolute atomic E-state index is 0.184. The Kier molecular flexibility index (Phi) is 4.81. The molecule has 0 saturated heterocycles. The lowest BCUT2D eigenvalue weighted by atomic mass is 10.1. The molecule has 0 fully saturated rings. The predicted octanol–water partition coefficient (Wildman–Crippen LogP) is 3.01. The molecule has 1 aromatic carbocycles. The molecule has 0 atom stereocenters. The number of nitrogens with zero attached hydrogens (tertiary/aromatic N) is 1. The number of aromatic nitrogens is 2. The van der Waals surface area contributed by atoms with Gasteiger partial charge in [0.25, 0.3) is 5.56 Å². The van der Waals surface area contributed by atoms with Gasteiger partial charge < -0.3 is 10.3 Å². The molecule has 2 heterocycles. The van der Waals surface area contributed by atoms with Crippen LogP contribution >= 0.6 is 0 Å². The summed E-state index contributed by atoms with van der Waals surface area (Å²) >= 11 is 0. The lowest BCUT2D eigenvalue weighted by Gasteiger charge is -2.07. The molecule has 5 nitrogen and oxygen atoms in total. The third-order valence-corrected chi connectivity index (χ3v) is 3.67. The summed E-state index contributed by atoms with van der Waals surface area (Å²) in [7, 11) is 0. The van der Waals surface area contributed by atoms with Crippen LogP contribution in [0.4, 0.5) is 5.69 Å². The summed E-state index contributed by atoms with van der Waals surface area (Å²) in [6, 6.07) is 15.1. The van der Waals surface area contributed by atoms with Crippen molar-refractivity contribution in [3.8, 4) is 11.1 Å². The standard InChI is InChI=1S/C19H17N3O2/c23-18(7-6-14-4-2-1-3-5-14)22-17-12-16(13-21-19(17)24)15-8-10-20-11-9-15/h1-5,8-13H,6-7H2,(H,21,24)(H,22,23). The maximum atomic E-state index is 12.1. The average Bonchev–Trinajstić information content (AvgIpc) is 2.63. The number of H-pyrrole nitrogens is 1. The van der Waals surface area contributed by atoms with Gasteiger partial charge in [-0.1, -0.05) is 30.3 Å². The van der Waals surface area contributed by atoms with Crippen molar-refractivity contribution in [2.75, 3.05) is 5.32 Å². The number of carbonyl (C=O) groups is 1. The van der Waals surface area contributed by atoms with E-state index in [2.05, 4.69) is 15.3 Å². The molecule has 0 aliphatic heterocycles. The second-order valence-electron chi connectivity index (χ2n) is 5.40. The second-order valence-corrected chi connectivity index (χ2v) is 5.40. The van der Waals surface area contributed by atoms with E-state index in [-0.39, 0.29) is 17.2 Å². The zero-order chi connectivity index (χ0) is 16.8. The Labute approximate surface area is 139 Å². The number of carbonyl (C=O) groups excluding carboxylic acids is 1. The minimum atomic E-state index is -0.319. The van der Waals surface area contributed by atoms with E-state index in [9.17, 15) is 9.59 Å². The first-order valence-electron chi connectivity index (χ1n) is 7.69. The van der Waals surface area contributed by atoms with Crippen LogP contribution in [-0.4, -0.2) is 15.9 Å². The number of aromatic amines is 1. The maximum Gasteiger partial charge on any atom is 0.271 e. The number of nitrogens with one attached hydrogen (secondary N) is 2. The fourth-order valence-corrected chi connectivity index (χ4v) is 2.40. The molecule has 1 amide bonds. The average molecular weight is 319 g/mol. The Morgan fingerprint density at radius 2 is 1.79 bits per heavy atom. The SMILES string of the molecule is O=C(CCc1ccccc1)Nc1cc(-c2ccncc2)c[nH]c1=O. The molecule has 3 rings (SSSR count). The molecular weight excluding hydrogens is 302 g/mol. The van der Waals surface area contributed by atoms with Gasteiger partial charge in [-0.2, -0.15) is 0 Å². The summed E-state index contributed by atoms with van der Waals surface area (Å²) in [5.41, 5.74) is 2.76. The zero-order valence-electron chi connectivity index (χ0n) is 13.0. The first-order valence-corrected chi connectivity index (χ1v) is 7.69. The highest BCUT2D eigenvalue weighted by Gasteiger charge is 2.08. The molecule has 0 saturated carbocycles. The smallest absolute Gasteiger partial charge is 0.271 e. The maximum absolute atomic E-state index is 12.1. The number of pyridine rings is 2. The summed E-state index contributed by atoms with van der Waals surface area (Å²) in [4.78, 5) is 30.7. The van der Waals surface area contributed by atoms with Crippen LogP contribution in [0.15, 0.2) is 71.9 Å². The highest BCUT2D eigenvalue weighted by Crippen LogP contribution is 2.18. The lowest BCUT2D eigenvalue weighted by molar-refractivity contribution is -0.116. The van der Waals surface area contributed by atoms with Gasteiger partial charge in [-0.25, -0.2) is 0 Å².